The predicted octanol–water partition coefficient (Wildman–Crippen LogP) is 2.39. The molecule has 1 heterocycles. The Morgan fingerprint density at radius 2 is 2.17 bits per heavy atom. The molecule has 0 saturated heterocycles. The maximum atomic E-state index is 12.0. The second kappa shape index (κ2) is 4.30. The molecule has 0 bridgehead atoms. The second-order valence-electron chi connectivity index (χ2n) is 5.43. The van der Waals surface area contributed by atoms with Gasteiger partial charge in [-0.3, -0.25) is 4.79 Å². The first-order valence-corrected chi connectivity index (χ1v) is 6.66. The molecule has 0 amide bonds. The van der Waals surface area contributed by atoms with Gasteiger partial charge in [0.25, 0.3) is 0 Å². The smallest absolute Gasteiger partial charge is 0.313 e. The maximum absolute atomic E-state index is 12.0. The van der Waals surface area contributed by atoms with E-state index >= 15 is 0 Å². The zero-order valence-electron chi connectivity index (χ0n) is 10.8. The van der Waals surface area contributed by atoms with Gasteiger partial charge in [-0.15, -0.1) is 0 Å². The molecule has 0 spiro atoms. The molecule has 0 aromatic heterocycles. The largest absolute Gasteiger partial charge is 0.469 e. The summed E-state index contributed by atoms with van der Waals surface area (Å²) >= 11 is 0. The standard InChI is InChI=1S/C15H19NO2/c1-18-14(17)15(8-4-9-15)11-16-10-7-12-5-2-3-6-13(12)16/h2-3,5-6H,4,7-11H2,1H3. The quantitative estimate of drug-likeness (QED) is 0.766. The number of hydrogen-bond acceptors (Lipinski definition) is 3. The molecule has 0 unspecified atom stereocenters. The highest BCUT2D eigenvalue weighted by Crippen LogP contribution is 2.44. The van der Waals surface area contributed by atoms with Crippen LogP contribution in [0.15, 0.2) is 24.3 Å². The molecule has 1 aliphatic carbocycles. The molecule has 0 N–H and O–H groups in total. The number of anilines is 1. The molecule has 2 aliphatic rings. The van der Waals surface area contributed by atoms with Crippen LogP contribution in [-0.2, 0) is 16.0 Å². The van der Waals surface area contributed by atoms with Gasteiger partial charge < -0.3 is 9.64 Å². The van der Waals surface area contributed by atoms with Crippen LogP contribution in [0.2, 0.25) is 0 Å². The number of esters is 1. The van der Waals surface area contributed by atoms with E-state index in [0.717, 1.165) is 38.8 Å². The zero-order valence-corrected chi connectivity index (χ0v) is 10.8. The molecule has 1 aliphatic heterocycles. The van der Waals surface area contributed by atoms with Gasteiger partial charge in [-0.05, 0) is 30.9 Å². The van der Waals surface area contributed by atoms with E-state index in [1.54, 1.807) is 0 Å². The Morgan fingerprint density at radius 1 is 1.39 bits per heavy atom. The molecule has 3 rings (SSSR count). The minimum absolute atomic E-state index is 0.0295. The third-order valence-corrected chi connectivity index (χ3v) is 4.41. The van der Waals surface area contributed by atoms with Gasteiger partial charge in [0, 0.05) is 18.8 Å². The van der Waals surface area contributed by atoms with Gasteiger partial charge in [-0.1, -0.05) is 24.6 Å². The fourth-order valence-electron chi connectivity index (χ4n) is 3.18. The van der Waals surface area contributed by atoms with Crippen LogP contribution >= 0.6 is 0 Å². The van der Waals surface area contributed by atoms with Gasteiger partial charge in [0.05, 0.1) is 12.5 Å². The van der Waals surface area contributed by atoms with E-state index in [1.165, 1.54) is 18.4 Å². The van der Waals surface area contributed by atoms with Gasteiger partial charge in [0.2, 0.25) is 0 Å². The van der Waals surface area contributed by atoms with E-state index in [1.807, 2.05) is 0 Å². The molecule has 0 atom stereocenters. The summed E-state index contributed by atoms with van der Waals surface area (Å²) in [6.45, 7) is 1.84. The predicted molar refractivity (Wildman–Crippen MR) is 70.7 cm³/mol. The summed E-state index contributed by atoms with van der Waals surface area (Å²) in [4.78, 5) is 14.3. The van der Waals surface area contributed by atoms with Crippen LogP contribution in [0, 0.1) is 5.41 Å². The number of para-hydroxylation sites is 1. The first-order chi connectivity index (χ1) is 8.75. The molecule has 1 saturated carbocycles. The summed E-state index contributed by atoms with van der Waals surface area (Å²) in [7, 11) is 1.50. The summed E-state index contributed by atoms with van der Waals surface area (Å²) in [5.74, 6) is -0.0295. The van der Waals surface area contributed by atoms with E-state index in [-0.39, 0.29) is 11.4 Å². The van der Waals surface area contributed by atoms with Crippen LogP contribution in [0.4, 0.5) is 5.69 Å². The Balaban J connectivity index is 1.80. The van der Waals surface area contributed by atoms with Crippen molar-refractivity contribution in [1.29, 1.82) is 0 Å². The number of carbonyl (C=O) groups is 1. The van der Waals surface area contributed by atoms with Gasteiger partial charge in [-0.25, -0.2) is 0 Å². The first kappa shape index (κ1) is 11.6. The topological polar surface area (TPSA) is 29.5 Å². The van der Waals surface area contributed by atoms with Gasteiger partial charge >= 0.3 is 5.97 Å². The molecule has 1 aromatic rings. The average Bonchev–Trinajstić information content (AvgIpc) is 2.76. The summed E-state index contributed by atoms with van der Waals surface area (Å²) in [6, 6.07) is 8.50. The van der Waals surface area contributed by atoms with Crippen LogP contribution in [-0.4, -0.2) is 26.2 Å². The van der Waals surface area contributed by atoms with E-state index in [2.05, 4.69) is 29.2 Å². The molecular formula is C15H19NO2. The van der Waals surface area contributed by atoms with Crippen molar-refractivity contribution in [3.8, 4) is 0 Å². The first-order valence-electron chi connectivity index (χ1n) is 6.66. The summed E-state index contributed by atoms with van der Waals surface area (Å²) < 4.78 is 4.99. The molecule has 1 fully saturated rings. The van der Waals surface area contributed by atoms with Gasteiger partial charge in [0.1, 0.15) is 0 Å². The van der Waals surface area contributed by atoms with Crippen LogP contribution < -0.4 is 4.90 Å². The van der Waals surface area contributed by atoms with Crippen LogP contribution in [0.5, 0.6) is 0 Å². The van der Waals surface area contributed by atoms with Crippen molar-refractivity contribution in [2.75, 3.05) is 25.1 Å². The highest BCUT2D eigenvalue weighted by molar-refractivity contribution is 5.79. The molecule has 1 aromatic carbocycles. The molecular weight excluding hydrogens is 226 g/mol. The second-order valence-corrected chi connectivity index (χ2v) is 5.43. The SMILES string of the molecule is COC(=O)C1(CN2CCc3ccccc32)CCC1. The lowest BCUT2D eigenvalue weighted by atomic mass is 9.68. The Morgan fingerprint density at radius 3 is 2.83 bits per heavy atom. The monoisotopic (exact) mass is 245 g/mol. The normalized spacial score (nSPS) is 20.2. The van der Waals surface area contributed by atoms with E-state index in [4.69, 9.17) is 4.74 Å². The van der Waals surface area contributed by atoms with E-state index in [0.29, 0.717) is 0 Å². The number of benzene rings is 1. The highest BCUT2D eigenvalue weighted by Gasteiger charge is 2.47. The Labute approximate surface area is 108 Å². The number of rotatable bonds is 3. The van der Waals surface area contributed by atoms with E-state index < -0.39 is 0 Å². The number of nitrogens with zero attached hydrogens (tertiary/aromatic N) is 1. The zero-order chi connectivity index (χ0) is 12.6. The van der Waals surface area contributed by atoms with Gasteiger partial charge in [-0.2, -0.15) is 0 Å². The van der Waals surface area contributed by atoms with Crippen molar-refractivity contribution < 1.29 is 9.53 Å². The van der Waals surface area contributed by atoms with Crippen molar-refractivity contribution >= 4 is 11.7 Å². The number of fused-ring (bicyclic) bond motifs is 1. The van der Waals surface area contributed by atoms with Crippen molar-refractivity contribution in [1.82, 2.24) is 0 Å². The van der Waals surface area contributed by atoms with Crippen LogP contribution in [0.1, 0.15) is 24.8 Å². The summed E-state index contributed by atoms with van der Waals surface area (Å²) in [6.07, 6.45) is 4.18. The number of methoxy groups -OCH3 is 1. The van der Waals surface area contributed by atoms with E-state index in [9.17, 15) is 4.79 Å². The average molecular weight is 245 g/mol. The molecule has 3 nitrogen and oxygen atoms in total. The number of carbonyl (C=O) groups excluding carboxylic acids is 1. The molecule has 3 heteroatoms. The fourth-order valence-corrected chi connectivity index (χ4v) is 3.18. The Hall–Kier alpha value is -1.51. The minimum atomic E-state index is -0.244. The van der Waals surface area contributed by atoms with Crippen molar-refractivity contribution in [2.24, 2.45) is 5.41 Å². The van der Waals surface area contributed by atoms with Gasteiger partial charge in [0.15, 0.2) is 0 Å². The molecule has 18 heavy (non-hydrogen) atoms. The third-order valence-electron chi connectivity index (χ3n) is 4.41. The van der Waals surface area contributed by atoms with Crippen LogP contribution in [0.25, 0.3) is 0 Å². The highest BCUT2D eigenvalue weighted by atomic mass is 16.5. The van der Waals surface area contributed by atoms with Crippen molar-refractivity contribution in [3.63, 3.8) is 0 Å². The molecule has 96 valence electrons. The Kier molecular flexibility index (Phi) is 2.77. The fraction of sp³-hybridized carbons (Fsp3) is 0.533. The van der Waals surface area contributed by atoms with Crippen LogP contribution in [0.3, 0.4) is 0 Å². The lowest BCUT2D eigenvalue weighted by Gasteiger charge is -2.42. The van der Waals surface area contributed by atoms with Crippen molar-refractivity contribution in [2.45, 2.75) is 25.7 Å². The maximum Gasteiger partial charge on any atom is 0.313 e. The summed E-state index contributed by atoms with van der Waals surface area (Å²) in [5.41, 5.74) is 2.45. The molecule has 0 radical (unpaired) electrons. The number of hydrogen-bond donors (Lipinski definition) is 0. The lowest BCUT2D eigenvalue weighted by molar-refractivity contribution is -0.157. The minimum Gasteiger partial charge on any atom is -0.469 e. The van der Waals surface area contributed by atoms with Crippen molar-refractivity contribution in [3.05, 3.63) is 29.8 Å². The number of ether oxygens (including phenoxy) is 1. The third kappa shape index (κ3) is 1.69. The Bertz CT molecular complexity index is 465. The summed E-state index contributed by atoms with van der Waals surface area (Å²) in [5, 5.41) is 0. The lowest BCUT2D eigenvalue weighted by Crippen LogP contribution is -2.48.